The van der Waals surface area contributed by atoms with Gasteiger partial charge in [-0.25, -0.2) is 0 Å². The quantitative estimate of drug-likeness (QED) is 0.775. The van der Waals surface area contributed by atoms with Gasteiger partial charge in [-0.3, -0.25) is 0 Å². The van der Waals surface area contributed by atoms with Gasteiger partial charge in [0.15, 0.2) is 0 Å². The maximum absolute atomic E-state index is 3.52. The van der Waals surface area contributed by atoms with E-state index < -0.39 is 0 Å². The fraction of sp³-hybridized carbons (Fsp3) is 1.00. The zero-order chi connectivity index (χ0) is 12.2. The Morgan fingerprint density at radius 2 is 1.88 bits per heavy atom. The number of hydrogen-bond acceptors (Lipinski definition) is 2. The van der Waals surface area contributed by atoms with Crippen LogP contribution >= 0.6 is 0 Å². The molecule has 1 fully saturated rings. The molecule has 1 rings (SSSR count). The third kappa shape index (κ3) is 3.74. The lowest BCUT2D eigenvalue weighted by atomic mass is 9.69. The van der Waals surface area contributed by atoms with Crippen molar-refractivity contribution in [1.82, 2.24) is 10.2 Å². The van der Waals surface area contributed by atoms with E-state index in [1.807, 2.05) is 0 Å². The zero-order valence-electron chi connectivity index (χ0n) is 11.8. The molecule has 2 nitrogen and oxygen atoms in total. The highest BCUT2D eigenvalue weighted by molar-refractivity contribution is 4.89. The first-order valence-corrected chi connectivity index (χ1v) is 6.92. The van der Waals surface area contributed by atoms with Gasteiger partial charge in [0.25, 0.3) is 0 Å². The van der Waals surface area contributed by atoms with Crippen LogP contribution in [0.4, 0.5) is 0 Å². The van der Waals surface area contributed by atoms with Crippen molar-refractivity contribution >= 4 is 0 Å². The molecular weight excluding hydrogens is 196 g/mol. The molecule has 0 aromatic carbocycles. The van der Waals surface area contributed by atoms with Gasteiger partial charge in [0.2, 0.25) is 0 Å². The molecule has 1 aliphatic carbocycles. The molecule has 1 N–H and O–H groups in total. The van der Waals surface area contributed by atoms with E-state index in [-0.39, 0.29) is 0 Å². The summed E-state index contributed by atoms with van der Waals surface area (Å²) in [6.45, 7) is 13.0. The molecule has 1 saturated carbocycles. The first-order chi connectivity index (χ1) is 7.52. The smallest absolute Gasteiger partial charge is 0.0105 e. The number of nitrogens with one attached hydrogen (secondary N) is 1. The summed E-state index contributed by atoms with van der Waals surface area (Å²) >= 11 is 0. The Balaban J connectivity index is 2.58. The first-order valence-electron chi connectivity index (χ1n) is 6.92. The molecule has 0 aromatic rings. The van der Waals surface area contributed by atoms with E-state index in [1.165, 1.54) is 38.9 Å². The van der Waals surface area contributed by atoms with Gasteiger partial charge in [0.1, 0.15) is 0 Å². The van der Waals surface area contributed by atoms with Crippen LogP contribution in [0.25, 0.3) is 0 Å². The summed E-state index contributed by atoms with van der Waals surface area (Å²) in [5.41, 5.74) is 0.547. The standard InChI is InChI=1S/C14H30N2/c1-6-16(7-2)11-12-10-14(3,4)9-8-13(12)15-5/h12-13,15H,6-11H2,1-5H3. The zero-order valence-corrected chi connectivity index (χ0v) is 11.8. The Bertz CT molecular complexity index is 197. The molecule has 0 spiro atoms. The monoisotopic (exact) mass is 226 g/mol. The van der Waals surface area contributed by atoms with Gasteiger partial charge in [-0.2, -0.15) is 0 Å². The molecule has 0 bridgehead atoms. The van der Waals surface area contributed by atoms with Crippen LogP contribution in [0.3, 0.4) is 0 Å². The molecule has 0 heterocycles. The minimum Gasteiger partial charge on any atom is -0.317 e. The van der Waals surface area contributed by atoms with E-state index in [1.54, 1.807) is 0 Å². The average Bonchev–Trinajstić information content (AvgIpc) is 2.25. The van der Waals surface area contributed by atoms with Crippen molar-refractivity contribution in [2.24, 2.45) is 11.3 Å². The van der Waals surface area contributed by atoms with E-state index in [0.717, 1.165) is 12.0 Å². The molecule has 0 saturated heterocycles. The summed E-state index contributed by atoms with van der Waals surface area (Å²) in [6.07, 6.45) is 4.08. The van der Waals surface area contributed by atoms with E-state index in [4.69, 9.17) is 0 Å². The predicted molar refractivity (Wildman–Crippen MR) is 71.8 cm³/mol. The summed E-state index contributed by atoms with van der Waals surface area (Å²) in [7, 11) is 2.12. The van der Waals surface area contributed by atoms with Crippen LogP contribution in [-0.2, 0) is 0 Å². The fourth-order valence-corrected chi connectivity index (χ4v) is 3.12. The highest BCUT2D eigenvalue weighted by Crippen LogP contribution is 2.38. The van der Waals surface area contributed by atoms with Gasteiger partial charge in [-0.15, -0.1) is 0 Å². The lowest BCUT2D eigenvalue weighted by Crippen LogP contribution is -2.46. The molecule has 1 aliphatic rings. The van der Waals surface area contributed by atoms with Crippen molar-refractivity contribution in [2.45, 2.75) is 53.0 Å². The van der Waals surface area contributed by atoms with Gasteiger partial charge < -0.3 is 10.2 Å². The fourth-order valence-electron chi connectivity index (χ4n) is 3.12. The van der Waals surface area contributed by atoms with Crippen LogP contribution in [0.15, 0.2) is 0 Å². The molecule has 0 amide bonds. The minimum atomic E-state index is 0.547. The average molecular weight is 226 g/mol. The third-order valence-corrected chi connectivity index (χ3v) is 4.27. The van der Waals surface area contributed by atoms with E-state index in [2.05, 4.69) is 45.0 Å². The highest BCUT2D eigenvalue weighted by atomic mass is 15.1. The second-order valence-electron chi connectivity index (χ2n) is 6.05. The molecule has 2 unspecified atom stereocenters. The maximum Gasteiger partial charge on any atom is 0.0105 e. The Hall–Kier alpha value is -0.0800. The molecule has 0 aliphatic heterocycles. The SMILES string of the molecule is CCN(CC)CC1CC(C)(C)CCC1NC. The van der Waals surface area contributed by atoms with Crippen LogP contribution < -0.4 is 5.32 Å². The predicted octanol–water partition coefficient (Wildman–Crippen LogP) is 2.74. The number of hydrogen-bond donors (Lipinski definition) is 1. The summed E-state index contributed by atoms with van der Waals surface area (Å²) in [5, 5.41) is 3.52. The van der Waals surface area contributed by atoms with Crippen LogP contribution in [0.5, 0.6) is 0 Å². The second kappa shape index (κ2) is 6.02. The summed E-state index contributed by atoms with van der Waals surface area (Å²) in [6, 6.07) is 0.730. The summed E-state index contributed by atoms with van der Waals surface area (Å²) in [5.74, 6) is 0.827. The molecular formula is C14H30N2. The van der Waals surface area contributed by atoms with Crippen molar-refractivity contribution < 1.29 is 0 Å². The summed E-state index contributed by atoms with van der Waals surface area (Å²) < 4.78 is 0. The van der Waals surface area contributed by atoms with Crippen molar-refractivity contribution in [1.29, 1.82) is 0 Å². The van der Waals surface area contributed by atoms with Crippen LogP contribution in [0.1, 0.15) is 47.0 Å². The van der Waals surface area contributed by atoms with Crippen LogP contribution in [0, 0.1) is 11.3 Å². The molecule has 16 heavy (non-hydrogen) atoms. The van der Waals surface area contributed by atoms with Crippen molar-refractivity contribution in [3.8, 4) is 0 Å². The Morgan fingerprint density at radius 3 is 2.38 bits per heavy atom. The molecule has 2 heteroatoms. The molecule has 2 atom stereocenters. The number of rotatable bonds is 5. The normalized spacial score (nSPS) is 29.6. The van der Waals surface area contributed by atoms with Crippen LogP contribution in [0.2, 0.25) is 0 Å². The van der Waals surface area contributed by atoms with Gasteiger partial charge in [0.05, 0.1) is 0 Å². The van der Waals surface area contributed by atoms with Gasteiger partial charge in [-0.05, 0) is 50.7 Å². The molecule has 0 aromatic heterocycles. The highest BCUT2D eigenvalue weighted by Gasteiger charge is 2.34. The van der Waals surface area contributed by atoms with E-state index >= 15 is 0 Å². The van der Waals surface area contributed by atoms with Crippen molar-refractivity contribution in [3.05, 3.63) is 0 Å². The lowest BCUT2D eigenvalue weighted by Gasteiger charge is -2.42. The first kappa shape index (κ1) is 14.0. The Kier molecular flexibility index (Phi) is 5.26. The van der Waals surface area contributed by atoms with Gasteiger partial charge in [0, 0.05) is 12.6 Å². The minimum absolute atomic E-state index is 0.547. The topological polar surface area (TPSA) is 15.3 Å². The Morgan fingerprint density at radius 1 is 1.25 bits per heavy atom. The second-order valence-corrected chi connectivity index (χ2v) is 6.05. The molecule has 96 valence electrons. The van der Waals surface area contributed by atoms with Gasteiger partial charge in [-0.1, -0.05) is 27.7 Å². The maximum atomic E-state index is 3.52. The Labute approximate surface area is 102 Å². The van der Waals surface area contributed by atoms with Crippen molar-refractivity contribution in [3.63, 3.8) is 0 Å². The summed E-state index contributed by atoms with van der Waals surface area (Å²) in [4.78, 5) is 2.57. The number of nitrogens with zero attached hydrogens (tertiary/aromatic N) is 1. The van der Waals surface area contributed by atoms with Crippen LogP contribution in [-0.4, -0.2) is 37.6 Å². The van der Waals surface area contributed by atoms with E-state index in [0.29, 0.717) is 5.41 Å². The third-order valence-electron chi connectivity index (χ3n) is 4.27. The van der Waals surface area contributed by atoms with E-state index in [9.17, 15) is 0 Å². The largest absolute Gasteiger partial charge is 0.317 e. The molecule has 0 radical (unpaired) electrons. The van der Waals surface area contributed by atoms with Crippen molar-refractivity contribution in [2.75, 3.05) is 26.7 Å². The van der Waals surface area contributed by atoms with Gasteiger partial charge >= 0.3 is 0 Å². The lowest BCUT2D eigenvalue weighted by molar-refractivity contribution is 0.107.